The Bertz CT molecular complexity index is 611. The average Bonchev–Trinajstić information content (AvgIpc) is 3.30. The molecule has 3 nitrogen and oxygen atoms in total. The van der Waals surface area contributed by atoms with Crippen LogP contribution in [0.2, 0.25) is 0 Å². The number of benzene rings is 1. The molecule has 1 aromatic carbocycles. The van der Waals surface area contributed by atoms with Crippen molar-refractivity contribution in [2.75, 3.05) is 0 Å². The number of hydrogen-bond acceptors (Lipinski definition) is 2. The molecule has 0 unspecified atom stereocenters. The van der Waals surface area contributed by atoms with E-state index >= 15 is 0 Å². The quantitative estimate of drug-likeness (QED) is 0.855. The number of carbonyl (C=O) groups excluding carboxylic acids is 1. The third-order valence-electron chi connectivity index (χ3n) is 3.46. The summed E-state index contributed by atoms with van der Waals surface area (Å²) in [6.45, 7) is 0.500. The van der Waals surface area contributed by atoms with Crippen LogP contribution in [0, 0.1) is 5.82 Å². The standard InChI is InChI=1S/C16H15FN2O/c17-15-4-2-1-3-14(15)16(20)19(13-5-6-13)11-12-7-9-18-10-8-12/h1-4,7-10,13H,5-6,11H2. The van der Waals surface area contributed by atoms with Gasteiger partial charge in [0.2, 0.25) is 0 Å². The molecule has 1 amide bonds. The summed E-state index contributed by atoms with van der Waals surface area (Å²) in [5, 5.41) is 0. The number of rotatable bonds is 4. The average molecular weight is 270 g/mol. The first-order chi connectivity index (χ1) is 9.75. The van der Waals surface area contributed by atoms with E-state index in [-0.39, 0.29) is 17.5 Å². The number of aromatic nitrogens is 1. The molecule has 0 N–H and O–H groups in total. The minimum absolute atomic E-state index is 0.147. The predicted molar refractivity (Wildman–Crippen MR) is 73.5 cm³/mol. The second-order valence-electron chi connectivity index (χ2n) is 5.00. The normalized spacial score (nSPS) is 14.1. The summed E-state index contributed by atoms with van der Waals surface area (Å²) in [6, 6.07) is 10.1. The Morgan fingerprint density at radius 2 is 1.90 bits per heavy atom. The van der Waals surface area contributed by atoms with Crippen molar-refractivity contribution in [1.29, 1.82) is 0 Å². The fraction of sp³-hybridized carbons (Fsp3) is 0.250. The molecule has 3 rings (SSSR count). The maximum absolute atomic E-state index is 13.8. The van der Waals surface area contributed by atoms with Gasteiger partial charge in [-0.1, -0.05) is 12.1 Å². The van der Waals surface area contributed by atoms with Gasteiger partial charge >= 0.3 is 0 Å². The third-order valence-corrected chi connectivity index (χ3v) is 3.46. The van der Waals surface area contributed by atoms with E-state index in [9.17, 15) is 9.18 Å². The van der Waals surface area contributed by atoms with Crippen molar-refractivity contribution in [1.82, 2.24) is 9.88 Å². The van der Waals surface area contributed by atoms with Crippen LogP contribution >= 0.6 is 0 Å². The molecule has 1 fully saturated rings. The Balaban J connectivity index is 1.84. The molecule has 0 saturated heterocycles. The van der Waals surface area contributed by atoms with E-state index in [2.05, 4.69) is 4.98 Å². The fourth-order valence-electron chi connectivity index (χ4n) is 2.23. The highest BCUT2D eigenvalue weighted by Crippen LogP contribution is 2.30. The van der Waals surface area contributed by atoms with Gasteiger partial charge < -0.3 is 4.90 Å². The van der Waals surface area contributed by atoms with E-state index in [0.717, 1.165) is 18.4 Å². The predicted octanol–water partition coefficient (Wildman–Crippen LogP) is 3.03. The summed E-state index contributed by atoms with van der Waals surface area (Å²) in [5.41, 5.74) is 1.16. The first-order valence-electron chi connectivity index (χ1n) is 6.70. The minimum atomic E-state index is -0.460. The van der Waals surface area contributed by atoms with E-state index in [0.29, 0.717) is 6.54 Å². The van der Waals surface area contributed by atoms with Crippen molar-refractivity contribution in [2.45, 2.75) is 25.4 Å². The van der Waals surface area contributed by atoms with E-state index in [1.54, 1.807) is 35.5 Å². The van der Waals surface area contributed by atoms with Crippen molar-refractivity contribution >= 4 is 5.91 Å². The molecule has 0 radical (unpaired) electrons. The summed E-state index contributed by atoms with van der Waals surface area (Å²) in [4.78, 5) is 18.2. The number of carbonyl (C=O) groups is 1. The second-order valence-corrected chi connectivity index (χ2v) is 5.00. The van der Waals surface area contributed by atoms with Crippen LogP contribution in [0.1, 0.15) is 28.8 Å². The Morgan fingerprint density at radius 3 is 2.55 bits per heavy atom. The topological polar surface area (TPSA) is 33.2 Å². The van der Waals surface area contributed by atoms with Gasteiger partial charge in [0.25, 0.3) is 5.91 Å². The molecule has 0 aliphatic heterocycles. The van der Waals surface area contributed by atoms with Gasteiger partial charge in [0.05, 0.1) is 5.56 Å². The molecular formula is C16H15FN2O. The maximum atomic E-state index is 13.8. The Hall–Kier alpha value is -2.23. The van der Waals surface area contributed by atoms with E-state index < -0.39 is 5.82 Å². The van der Waals surface area contributed by atoms with Crippen LogP contribution in [-0.4, -0.2) is 21.8 Å². The lowest BCUT2D eigenvalue weighted by molar-refractivity contribution is 0.0725. The van der Waals surface area contributed by atoms with E-state index in [4.69, 9.17) is 0 Å². The van der Waals surface area contributed by atoms with Crippen molar-refractivity contribution in [3.05, 3.63) is 65.7 Å². The lowest BCUT2D eigenvalue weighted by Crippen LogP contribution is -2.33. The van der Waals surface area contributed by atoms with Crippen molar-refractivity contribution < 1.29 is 9.18 Å². The lowest BCUT2D eigenvalue weighted by Gasteiger charge is -2.22. The van der Waals surface area contributed by atoms with Crippen molar-refractivity contribution in [3.8, 4) is 0 Å². The van der Waals surface area contributed by atoms with Gasteiger partial charge in [0, 0.05) is 25.0 Å². The monoisotopic (exact) mass is 270 g/mol. The van der Waals surface area contributed by atoms with Crippen LogP contribution < -0.4 is 0 Å². The molecule has 1 aliphatic rings. The molecule has 0 bridgehead atoms. The lowest BCUT2D eigenvalue weighted by atomic mass is 10.1. The van der Waals surface area contributed by atoms with Crippen LogP contribution in [0.25, 0.3) is 0 Å². The number of amides is 1. The van der Waals surface area contributed by atoms with E-state index in [1.807, 2.05) is 12.1 Å². The molecule has 1 saturated carbocycles. The Labute approximate surface area is 117 Å². The van der Waals surface area contributed by atoms with Gasteiger partial charge in [-0.2, -0.15) is 0 Å². The number of nitrogens with zero attached hydrogens (tertiary/aromatic N) is 2. The number of hydrogen-bond donors (Lipinski definition) is 0. The highest BCUT2D eigenvalue weighted by molar-refractivity contribution is 5.94. The zero-order valence-corrected chi connectivity index (χ0v) is 11.0. The molecule has 0 spiro atoms. The first kappa shape index (κ1) is 12.8. The van der Waals surface area contributed by atoms with Crippen molar-refractivity contribution in [3.63, 3.8) is 0 Å². The summed E-state index contributed by atoms with van der Waals surface area (Å²) >= 11 is 0. The Morgan fingerprint density at radius 1 is 1.20 bits per heavy atom. The van der Waals surface area contributed by atoms with Crippen LogP contribution in [0.4, 0.5) is 4.39 Å². The van der Waals surface area contributed by atoms with Gasteiger partial charge in [-0.25, -0.2) is 4.39 Å². The smallest absolute Gasteiger partial charge is 0.257 e. The third kappa shape index (κ3) is 2.69. The summed E-state index contributed by atoms with van der Waals surface area (Å²) < 4.78 is 13.8. The summed E-state index contributed by atoms with van der Waals surface area (Å²) in [7, 11) is 0. The molecule has 1 aromatic heterocycles. The molecule has 4 heteroatoms. The number of halogens is 1. The largest absolute Gasteiger partial charge is 0.331 e. The molecule has 2 aromatic rings. The zero-order chi connectivity index (χ0) is 13.9. The van der Waals surface area contributed by atoms with Gasteiger partial charge in [0.1, 0.15) is 5.82 Å². The first-order valence-corrected chi connectivity index (χ1v) is 6.70. The Kier molecular flexibility index (Phi) is 3.46. The molecular weight excluding hydrogens is 255 g/mol. The van der Waals surface area contributed by atoms with Gasteiger partial charge in [-0.05, 0) is 42.7 Å². The minimum Gasteiger partial charge on any atom is -0.331 e. The van der Waals surface area contributed by atoms with Gasteiger partial charge in [0.15, 0.2) is 0 Å². The zero-order valence-electron chi connectivity index (χ0n) is 11.0. The molecule has 1 aliphatic carbocycles. The van der Waals surface area contributed by atoms with E-state index in [1.165, 1.54) is 6.07 Å². The molecule has 102 valence electrons. The van der Waals surface area contributed by atoms with Gasteiger partial charge in [-0.15, -0.1) is 0 Å². The van der Waals surface area contributed by atoms with Crippen LogP contribution in [-0.2, 0) is 6.54 Å². The fourth-order valence-corrected chi connectivity index (χ4v) is 2.23. The molecule has 0 atom stereocenters. The summed E-state index contributed by atoms with van der Waals surface area (Å²) in [5.74, 6) is -0.694. The number of pyridine rings is 1. The molecule has 1 heterocycles. The highest BCUT2D eigenvalue weighted by atomic mass is 19.1. The second kappa shape index (κ2) is 5.41. The SMILES string of the molecule is O=C(c1ccccc1F)N(Cc1ccncc1)C1CC1. The summed E-state index contributed by atoms with van der Waals surface area (Å²) in [6.07, 6.45) is 5.39. The van der Waals surface area contributed by atoms with Crippen LogP contribution in [0.15, 0.2) is 48.8 Å². The molecule has 20 heavy (non-hydrogen) atoms. The van der Waals surface area contributed by atoms with Gasteiger partial charge in [-0.3, -0.25) is 9.78 Å². The van der Waals surface area contributed by atoms with Crippen LogP contribution in [0.5, 0.6) is 0 Å². The highest BCUT2D eigenvalue weighted by Gasteiger charge is 2.33. The van der Waals surface area contributed by atoms with Crippen LogP contribution in [0.3, 0.4) is 0 Å². The van der Waals surface area contributed by atoms with Crippen molar-refractivity contribution in [2.24, 2.45) is 0 Å². The maximum Gasteiger partial charge on any atom is 0.257 e.